The molecule has 1 heterocycles. The lowest BCUT2D eigenvalue weighted by Gasteiger charge is -2.25. The van der Waals surface area contributed by atoms with Crippen molar-refractivity contribution in [1.29, 1.82) is 0 Å². The Morgan fingerprint density at radius 3 is 2.67 bits per heavy atom. The summed E-state index contributed by atoms with van der Waals surface area (Å²) in [7, 11) is 1.59. The third-order valence-electron chi connectivity index (χ3n) is 3.64. The summed E-state index contributed by atoms with van der Waals surface area (Å²) in [6.07, 6.45) is -1.16. The lowest BCUT2D eigenvalue weighted by atomic mass is 9.94. The zero-order chi connectivity index (χ0) is 15.6. The number of aromatic nitrogens is 1. The number of anilines is 1. The maximum absolute atomic E-state index is 12.4. The number of hydrogen-bond acceptors (Lipinski definition) is 3. The highest BCUT2D eigenvalue weighted by atomic mass is 32.1. The Hall–Kier alpha value is -1.37. The maximum atomic E-state index is 12.4. The maximum Gasteiger partial charge on any atom is 0.390 e. The van der Waals surface area contributed by atoms with Crippen molar-refractivity contribution >= 4 is 23.0 Å². The Labute approximate surface area is 127 Å². The molecule has 2 rings (SSSR count). The first-order chi connectivity index (χ1) is 9.78. The summed E-state index contributed by atoms with van der Waals surface area (Å²) in [5.41, 5.74) is 8.34. The number of alkyl halides is 3. The van der Waals surface area contributed by atoms with Gasteiger partial charge >= 0.3 is 6.18 Å². The molecule has 0 saturated heterocycles. The highest BCUT2D eigenvalue weighted by molar-refractivity contribution is 7.80. The van der Waals surface area contributed by atoms with E-state index in [0.29, 0.717) is 11.4 Å². The van der Waals surface area contributed by atoms with E-state index >= 15 is 0 Å². The molecule has 2 N–H and O–H groups in total. The molecular formula is C14H18F3N3S. The summed E-state index contributed by atoms with van der Waals surface area (Å²) in [6, 6.07) is 1.89. The molecular weight excluding hydrogens is 299 g/mol. The van der Waals surface area contributed by atoms with E-state index < -0.39 is 12.6 Å². The van der Waals surface area contributed by atoms with Gasteiger partial charge in [-0.05, 0) is 37.3 Å². The van der Waals surface area contributed by atoms with E-state index in [1.165, 1.54) is 4.90 Å². The van der Waals surface area contributed by atoms with Crippen molar-refractivity contribution in [3.63, 3.8) is 0 Å². The van der Waals surface area contributed by atoms with Gasteiger partial charge in [-0.2, -0.15) is 13.2 Å². The molecule has 116 valence electrons. The molecule has 0 saturated carbocycles. The van der Waals surface area contributed by atoms with Crippen molar-refractivity contribution in [3.8, 4) is 0 Å². The Morgan fingerprint density at radius 2 is 2.05 bits per heavy atom. The number of halogens is 3. The van der Waals surface area contributed by atoms with Crippen LogP contribution in [0.2, 0.25) is 0 Å². The fraction of sp³-hybridized carbons (Fsp3) is 0.571. The standard InChI is InChI=1S/C14H18F3N3S/c1-20(7-6-14(15,16)17)13-10(12(18)21)8-9-4-2-3-5-11(9)19-13/h8H,2-7H2,1H3,(H2,18,21). The Bertz CT molecular complexity index is 543. The molecule has 7 heteroatoms. The highest BCUT2D eigenvalue weighted by Gasteiger charge is 2.28. The van der Waals surface area contributed by atoms with Crippen molar-refractivity contribution in [2.45, 2.75) is 38.3 Å². The van der Waals surface area contributed by atoms with E-state index in [9.17, 15) is 13.2 Å². The van der Waals surface area contributed by atoms with Gasteiger partial charge in [0.25, 0.3) is 0 Å². The third-order valence-corrected chi connectivity index (χ3v) is 3.86. The van der Waals surface area contributed by atoms with Crippen LogP contribution in [-0.4, -0.2) is 29.7 Å². The Balaban J connectivity index is 2.30. The van der Waals surface area contributed by atoms with Gasteiger partial charge in [-0.25, -0.2) is 4.98 Å². The first-order valence-electron chi connectivity index (χ1n) is 6.88. The molecule has 21 heavy (non-hydrogen) atoms. The lowest BCUT2D eigenvalue weighted by Crippen LogP contribution is -2.28. The second-order valence-corrected chi connectivity index (χ2v) is 5.76. The van der Waals surface area contributed by atoms with Crippen molar-refractivity contribution in [3.05, 3.63) is 22.9 Å². The van der Waals surface area contributed by atoms with Crippen molar-refractivity contribution in [2.24, 2.45) is 5.73 Å². The number of hydrogen-bond donors (Lipinski definition) is 1. The van der Waals surface area contributed by atoms with E-state index in [1.807, 2.05) is 6.07 Å². The number of fused-ring (bicyclic) bond motifs is 1. The third kappa shape index (κ3) is 4.06. The number of nitrogens with two attached hydrogens (primary N) is 1. The molecule has 0 spiro atoms. The average molecular weight is 317 g/mol. The van der Waals surface area contributed by atoms with Gasteiger partial charge in [-0.15, -0.1) is 0 Å². The second kappa shape index (κ2) is 6.17. The molecule has 0 aromatic carbocycles. The Morgan fingerprint density at radius 1 is 1.38 bits per heavy atom. The van der Waals surface area contributed by atoms with Gasteiger partial charge in [0.2, 0.25) is 0 Å². The highest BCUT2D eigenvalue weighted by Crippen LogP contribution is 2.27. The largest absolute Gasteiger partial charge is 0.390 e. The van der Waals surface area contributed by atoms with Gasteiger partial charge in [0.05, 0.1) is 12.0 Å². The minimum Gasteiger partial charge on any atom is -0.389 e. The van der Waals surface area contributed by atoms with E-state index in [2.05, 4.69) is 4.98 Å². The summed E-state index contributed by atoms with van der Waals surface area (Å²) >= 11 is 5.02. The number of thiocarbonyl (C=S) groups is 1. The van der Waals surface area contributed by atoms with E-state index in [0.717, 1.165) is 36.9 Å². The molecule has 1 aliphatic rings. The first-order valence-corrected chi connectivity index (χ1v) is 7.29. The number of aryl methyl sites for hydroxylation is 2. The minimum atomic E-state index is -4.19. The van der Waals surface area contributed by atoms with Crippen LogP contribution < -0.4 is 10.6 Å². The van der Waals surface area contributed by atoms with Crippen LogP contribution >= 0.6 is 12.2 Å². The zero-order valence-electron chi connectivity index (χ0n) is 11.8. The molecule has 0 unspecified atom stereocenters. The number of nitrogens with zero attached hydrogens (tertiary/aromatic N) is 2. The lowest BCUT2D eigenvalue weighted by molar-refractivity contribution is -0.132. The molecule has 1 aromatic heterocycles. The van der Waals surface area contributed by atoms with E-state index in [4.69, 9.17) is 18.0 Å². The predicted molar refractivity (Wildman–Crippen MR) is 80.7 cm³/mol. The van der Waals surface area contributed by atoms with Crippen LogP contribution in [0.5, 0.6) is 0 Å². The van der Waals surface area contributed by atoms with Crippen LogP contribution in [0.4, 0.5) is 19.0 Å². The van der Waals surface area contributed by atoms with Crippen molar-refractivity contribution in [1.82, 2.24) is 4.98 Å². The summed E-state index contributed by atoms with van der Waals surface area (Å²) < 4.78 is 37.1. The molecule has 0 amide bonds. The van der Waals surface area contributed by atoms with Crippen LogP contribution in [0.15, 0.2) is 6.07 Å². The van der Waals surface area contributed by atoms with Gasteiger partial charge in [-0.3, -0.25) is 0 Å². The minimum absolute atomic E-state index is 0.162. The Kier molecular flexibility index (Phi) is 4.70. The summed E-state index contributed by atoms with van der Waals surface area (Å²) in [6.45, 7) is -0.162. The molecule has 0 aliphatic heterocycles. The molecule has 1 aromatic rings. The topological polar surface area (TPSA) is 42.2 Å². The first kappa shape index (κ1) is 16.0. The fourth-order valence-electron chi connectivity index (χ4n) is 2.50. The molecule has 0 radical (unpaired) electrons. The number of pyridine rings is 1. The predicted octanol–water partition coefficient (Wildman–Crippen LogP) is 2.98. The van der Waals surface area contributed by atoms with Crippen LogP contribution in [0, 0.1) is 0 Å². The summed E-state index contributed by atoms with van der Waals surface area (Å²) in [5, 5.41) is 0. The second-order valence-electron chi connectivity index (χ2n) is 5.32. The number of rotatable bonds is 4. The van der Waals surface area contributed by atoms with E-state index in [1.54, 1.807) is 7.05 Å². The monoisotopic (exact) mass is 317 g/mol. The summed E-state index contributed by atoms with van der Waals surface area (Å²) in [4.78, 5) is 6.18. The van der Waals surface area contributed by atoms with Gasteiger partial charge in [0.15, 0.2) is 0 Å². The zero-order valence-corrected chi connectivity index (χ0v) is 12.7. The molecule has 1 aliphatic carbocycles. The van der Waals surface area contributed by atoms with Crippen LogP contribution in [0.3, 0.4) is 0 Å². The van der Waals surface area contributed by atoms with E-state index in [-0.39, 0.29) is 11.5 Å². The van der Waals surface area contributed by atoms with Crippen LogP contribution in [-0.2, 0) is 12.8 Å². The van der Waals surface area contributed by atoms with Gasteiger partial charge < -0.3 is 10.6 Å². The SMILES string of the molecule is CN(CCC(F)(F)F)c1nc2c(cc1C(N)=S)CCCC2. The normalized spacial score (nSPS) is 14.7. The van der Waals surface area contributed by atoms with Gasteiger partial charge in [-0.1, -0.05) is 12.2 Å². The van der Waals surface area contributed by atoms with Gasteiger partial charge in [0.1, 0.15) is 10.8 Å². The molecule has 0 fully saturated rings. The van der Waals surface area contributed by atoms with Crippen LogP contribution in [0.1, 0.15) is 36.1 Å². The average Bonchev–Trinajstić information content (AvgIpc) is 2.42. The smallest absolute Gasteiger partial charge is 0.389 e. The van der Waals surface area contributed by atoms with Crippen LogP contribution in [0.25, 0.3) is 0 Å². The van der Waals surface area contributed by atoms with Crippen molar-refractivity contribution < 1.29 is 13.2 Å². The fourth-order valence-corrected chi connectivity index (χ4v) is 2.65. The van der Waals surface area contributed by atoms with Gasteiger partial charge in [0, 0.05) is 19.3 Å². The quantitative estimate of drug-likeness (QED) is 0.867. The molecule has 0 bridgehead atoms. The summed E-state index contributed by atoms with van der Waals surface area (Å²) in [5.74, 6) is 0.451. The molecule has 3 nitrogen and oxygen atoms in total. The van der Waals surface area contributed by atoms with Crippen molar-refractivity contribution in [2.75, 3.05) is 18.5 Å². The molecule has 0 atom stereocenters.